The summed E-state index contributed by atoms with van der Waals surface area (Å²) in [7, 11) is 0. The van der Waals surface area contributed by atoms with Crippen LogP contribution in [0.1, 0.15) is 21.0 Å². The van der Waals surface area contributed by atoms with Crippen LogP contribution in [0, 0.1) is 0 Å². The summed E-state index contributed by atoms with van der Waals surface area (Å²) in [6.45, 7) is 0. The zero-order valence-corrected chi connectivity index (χ0v) is 13.4. The number of aromatic nitrogens is 4. The molecule has 23 heavy (non-hydrogen) atoms. The van der Waals surface area contributed by atoms with Crippen LogP contribution in [0.2, 0.25) is 0 Å². The quantitative estimate of drug-likeness (QED) is 0.309. The summed E-state index contributed by atoms with van der Waals surface area (Å²) < 4.78 is 0. The first-order chi connectivity index (χ1) is 10.2. The maximum atomic E-state index is 10.5. The van der Waals surface area contributed by atoms with E-state index in [1.807, 2.05) is 19.9 Å². The van der Waals surface area contributed by atoms with Gasteiger partial charge < -0.3 is 20.2 Å². The molecular weight excluding hydrogens is 344 g/mol. The van der Waals surface area contributed by atoms with Crippen LogP contribution in [-0.2, 0) is 0 Å². The average molecular weight is 352 g/mol. The molecular formula is C10H8CaN4O8. The monoisotopic (exact) mass is 352 g/mol. The Morgan fingerprint density at radius 3 is 1.22 bits per heavy atom. The van der Waals surface area contributed by atoms with Gasteiger partial charge in [0.25, 0.3) is 11.1 Å². The fourth-order valence-corrected chi connectivity index (χ4v) is 1.17. The van der Waals surface area contributed by atoms with Crippen LogP contribution in [-0.4, -0.2) is 79.8 Å². The predicted molar refractivity (Wildman–Crippen MR) is 75.0 cm³/mol. The minimum atomic E-state index is -1.34. The minimum Gasteiger partial charge on any atom is -0.477 e. The second-order valence-electron chi connectivity index (χ2n) is 3.61. The van der Waals surface area contributed by atoms with E-state index in [-0.39, 0.29) is 37.7 Å². The Labute approximate surface area is 154 Å². The molecule has 0 unspecified atom stereocenters. The zero-order valence-electron chi connectivity index (χ0n) is 11.2. The molecule has 6 N–H and O–H groups in total. The van der Waals surface area contributed by atoms with Crippen molar-refractivity contribution in [2.75, 3.05) is 0 Å². The molecule has 0 aliphatic heterocycles. The van der Waals surface area contributed by atoms with Gasteiger partial charge in [-0.25, -0.2) is 19.2 Å². The maximum Gasteiger partial charge on any atom is 0.352 e. The number of carbonyl (C=O) groups is 2. The molecule has 2 rings (SSSR count). The van der Waals surface area contributed by atoms with Crippen molar-refractivity contribution in [3.63, 3.8) is 0 Å². The van der Waals surface area contributed by atoms with Gasteiger partial charge in [0.1, 0.15) is 11.4 Å². The molecule has 2 aromatic heterocycles. The second kappa shape index (κ2) is 8.87. The Hall–Kier alpha value is -2.44. The van der Waals surface area contributed by atoms with Crippen molar-refractivity contribution < 1.29 is 19.8 Å². The van der Waals surface area contributed by atoms with Crippen LogP contribution in [0.15, 0.2) is 31.3 Å². The van der Waals surface area contributed by atoms with Crippen molar-refractivity contribution in [1.82, 2.24) is 19.9 Å². The van der Waals surface area contributed by atoms with Gasteiger partial charge >= 0.3 is 23.3 Å². The number of hydrogen-bond donors (Lipinski definition) is 6. The number of aromatic carboxylic acids is 2. The molecule has 118 valence electrons. The van der Waals surface area contributed by atoms with Crippen LogP contribution in [0.5, 0.6) is 0 Å². The number of H-pyrrole nitrogens is 4. The van der Waals surface area contributed by atoms with Gasteiger partial charge in [-0.05, 0) is 0 Å². The summed E-state index contributed by atoms with van der Waals surface area (Å²) in [4.78, 5) is 69.7. The number of rotatable bonds is 2. The summed E-state index contributed by atoms with van der Waals surface area (Å²) in [5, 5.41) is 16.6. The van der Waals surface area contributed by atoms with E-state index >= 15 is 0 Å². The second-order valence-corrected chi connectivity index (χ2v) is 3.61. The topological polar surface area (TPSA) is 206 Å². The van der Waals surface area contributed by atoms with E-state index in [0.717, 1.165) is 12.1 Å². The molecule has 0 aromatic carbocycles. The minimum absolute atomic E-state index is 0. The molecule has 0 fully saturated rings. The van der Waals surface area contributed by atoms with Gasteiger partial charge in [-0.2, -0.15) is 0 Å². The fraction of sp³-hybridized carbons (Fsp3) is 0. The molecule has 2 heterocycles. The molecule has 0 saturated carbocycles. The fourth-order valence-electron chi connectivity index (χ4n) is 1.17. The number of carboxylic acid groups (broad SMARTS) is 2. The Morgan fingerprint density at radius 2 is 1.00 bits per heavy atom. The van der Waals surface area contributed by atoms with E-state index in [1.165, 1.54) is 0 Å². The van der Waals surface area contributed by atoms with Gasteiger partial charge in [0.15, 0.2) is 0 Å². The Bertz CT molecular complexity index is 803. The van der Waals surface area contributed by atoms with Crippen molar-refractivity contribution in [2.45, 2.75) is 0 Å². The van der Waals surface area contributed by atoms with Crippen molar-refractivity contribution >= 4 is 49.7 Å². The number of aromatic amines is 4. The van der Waals surface area contributed by atoms with Crippen LogP contribution in [0.25, 0.3) is 0 Å². The van der Waals surface area contributed by atoms with Crippen LogP contribution in [0.3, 0.4) is 0 Å². The van der Waals surface area contributed by atoms with E-state index in [9.17, 15) is 28.8 Å². The van der Waals surface area contributed by atoms with E-state index in [1.54, 1.807) is 0 Å². The molecule has 0 spiro atoms. The largest absolute Gasteiger partial charge is 0.477 e. The van der Waals surface area contributed by atoms with Crippen LogP contribution >= 0.6 is 0 Å². The Balaban J connectivity index is 0.000000403. The summed E-state index contributed by atoms with van der Waals surface area (Å²) in [5.74, 6) is -2.68. The SMILES string of the molecule is O=C(O)c1cc(=O)[nH]c(=O)[nH]1.O=C(O)c1cc(=O)[nH]c(=O)[nH]1.[Ca]. The zero-order chi connectivity index (χ0) is 16.9. The molecule has 0 bridgehead atoms. The van der Waals surface area contributed by atoms with Gasteiger partial charge in [0.05, 0.1) is 0 Å². The van der Waals surface area contributed by atoms with E-state index < -0.39 is 45.8 Å². The van der Waals surface area contributed by atoms with Gasteiger partial charge in [-0.15, -0.1) is 0 Å². The molecule has 13 heteroatoms. The molecule has 0 atom stereocenters. The molecule has 0 aliphatic rings. The van der Waals surface area contributed by atoms with Crippen LogP contribution in [0.4, 0.5) is 0 Å². The molecule has 2 radical (unpaired) electrons. The van der Waals surface area contributed by atoms with Crippen molar-refractivity contribution in [3.05, 3.63) is 65.2 Å². The maximum absolute atomic E-state index is 10.5. The van der Waals surface area contributed by atoms with Gasteiger partial charge in [0, 0.05) is 49.9 Å². The van der Waals surface area contributed by atoms with E-state index in [2.05, 4.69) is 0 Å². The van der Waals surface area contributed by atoms with Crippen molar-refractivity contribution in [3.8, 4) is 0 Å². The third-order valence-electron chi connectivity index (χ3n) is 1.98. The molecule has 2 aromatic rings. The normalized spacial score (nSPS) is 9.04. The summed E-state index contributed by atoms with van der Waals surface area (Å²) in [5.41, 5.74) is -3.94. The van der Waals surface area contributed by atoms with Gasteiger partial charge in [0.2, 0.25) is 0 Å². The molecule has 0 amide bonds. The first-order valence-electron chi connectivity index (χ1n) is 5.33. The summed E-state index contributed by atoms with van der Waals surface area (Å²) in [6, 6.07) is 1.59. The van der Waals surface area contributed by atoms with Crippen molar-refractivity contribution in [1.29, 1.82) is 0 Å². The van der Waals surface area contributed by atoms with Gasteiger partial charge in [-0.3, -0.25) is 19.6 Å². The third-order valence-corrected chi connectivity index (χ3v) is 1.98. The van der Waals surface area contributed by atoms with Crippen LogP contribution < -0.4 is 22.5 Å². The standard InChI is InChI=1S/2C5H4N2O4.Ca/c2*8-3-1-2(4(9)10)6-5(11)7-3;/h2*1H,(H,9,10)(H2,6,7,8,11);. The summed E-state index contributed by atoms with van der Waals surface area (Å²) >= 11 is 0. The predicted octanol–water partition coefficient (Wildman–Crippen LogP) is -2.86. The molecule has 0 saturated heterocycles. The first kappa shape index (κ1) is 20.6. The van der Waals surface area contributed by atoms with Gasteiger partial charge in [-0.1, -0.05) is 0 Å². The smallest absolute Gasteiger partial charge is 0.352 e. The molecule has 0 aliphatic carbocycles. The third kappa shape index (κ3) is 6.90. The Kier molecular flexibility index (Phi) is 7.93. The number of hydrogen-bond acceptors (Lipinski definition) is 6. The van der Waals surface area contributed by atoms with Crippen molar-refractivity contribution in [2.24, 2.45) is 0 Å². The summed E-state index contributed by atoms with van der Waals surface area (Å²) in [6.07, 6.45) is 0. The first-order valence-corrected chi connectivity index (χ1v) is 5.33. The van der Waals surface area contributed by atoms with E-state index in [4.69, 9.17) is 10.2 Å². The molecule has 12 nitrogen and oxygen atoms in total. The number of nitrogens with one attached hydrogen (secondary N) is 4. The number of carboxylic acids is 2. The average Bonchev–Trinajstić information content (AvgIpc) is 2.37. The van der Waals surface area contributed by atoms with E-state index in [0.29, 0.717) is 0 Å². The Morgan fingerprint density at radius 1 is 0.696 bits per heavy atom.